The summed E-state index contributed by atoms with van der Waals surface area (Å²) in [5.74, 6) is 0.708. The Kier molecular flexibility index (Phi) is 2.33. The molecule has 14 heavy (non-hydrogen) atoms. The van der Waals surface area contributed by atoms with Crippen LogP contribution in [0.2, 0.25) is 0 Å². The van der Waals surface area contributed by atoms with Gasteiger partial charge >= 0.3 is 0 Å². The van der Waals surface area contributed by atoms with Crippen LogP contribution in [0.3, 0.4) is 0 Å². The summed E-state index contributed by atoms with van der Waals surface area (Å²) >= 11 is 0. The van der Waals surface area contributed by atoms with E-state index in [0.717, 1.165) is 19.3 Å². The molecular weight excluding hydrogens is 178 g/mol. The SMILES string of the molecule is CCCC1CC(C)C2C(=O)NC(=O)C12. The fraction of sp³-hybridized carbons (Fsp3) is 0.818. The van der Waals surface area contributed by atoms with E-state index in [2.05, 4.69) is 19.2 Å². The van der Waals surface area contributed by atoms with E-state index in [1.807, 2.05) is 0 Å². The van der Waals surface area contributed by atoms with Crippen molar-refractivity contribution >= 4 is 11.8 Å². The summed E-state index contributed by atoms with van der Waals surface area (Å²) in [5.41, 5.74) is 0. The molecule has 1 aliphatic carbocycles. The van der Waals surface area contributed by atoms with Gasteiger partial charge in [0.15, 0.2) is 0 Å². The molecule has 3 heteroatoms. The quantitative estimate of drug-likeness (QED) is 0.676. The molecule has 78 valence electrons. The summed E-state index contributed by atoms with van der Waals surface area (Å²) in [5, 5.41) is 2.46. The summed E-state index contributed by atoms with van der Waals surface area (Å²) in [4.78, 5) is 23.1. The number of fused-ring (bicyclic) bond motifs is 1. The Morgan fingerprint density at radius 1 is 1.29 bits per heavy atom. The maximum absolute atomic E-state index is 11.6. The predicted octanol–water partition coefficient (Wildman–Crippen LogP) is 1.33. The van der Waals surface area contributed by atoms with Crippen molar-refractivity contribution in [3.05, 3.63) is 0 Å². The first-order chi connectivity index (χ1) is 6.65. The largest absolute Gasteiger partial charge is 0.296 e. The Hall–Kier alpha value is -0.860. The van der Waals surface area contributed by atoms with Crippen LogP contribution in [-0.4, -0.2) is 11.8 Å². The van der Waals surface area contributed by atoms with Crippen LogP contribution in [0.5, 0.6) is 0 Å². The predicted molar refractivity (Wildman–Crippen MR) is 52.3 cm³/mol. The van der Waals surface area contributed by atoms with Gasteiger partial charge in [-0.2, -0.15) is 0 Å². The van der Waals surface area contributed by atoms with Crippen LogP contribution in [0.4, 0.5) is 0 Å². The van der Waals surface area contributed by atoms with Gasteiger partial charge in [-0.05, 0) is 24.7 Å². The first-order valence-corrected chi connectivity index (χ1v) is 5.49. The lowest BCUT2D eigenvalue weighted by molar-refractivity contribution is -0.127. The van der Waals surface area contributed by atoms with Crippen LogP contribution in [0.25, 0.3) is 0 Å². The van der Waals surface area contributed by atoms with Crippen LogP contribution in [0.1, 0.15) is 33.1 Å². The zero-order valence-electron chi connectivity index (χ0n) is 8.75. The smallest absolute Gasteiger partial charge is 0.230 e. The molecule has 1 N–H and O–H groups in total. The molecule has 0 spiro atoms. The lowest BCUT2D eigenvalue weighted by Crippen LogP contribution is -2.26. The van der Waals surface area contributed by atoms with Crippen LogP contribution in [0.15, 0.2) is 0 Å². The molecule has 0 bridgehead atoms. The highest BCUT2D eigenvalue weighted by Crippen LogP contribution is 2.46. The molecule has 2 amide bonds. The first-order valence-electron chi connectivity index (χ1n) is 5.49. The van der Waals surface area contributed by atoms with Crippen LogP contribution in [-0.2, 0) is 9.59 Å². The molecule has 1 saturated heterocycles. The average Bonchev–Trinajstić information content (AvgIpc) is 2.56. The van der Waals surface area contributed by atoms with E-state index in [4.69, 9.17) is 0 Å². The lowest BCUT2D eigenvalue weighted by atomic mass is 9.88. The summed E-state index contributed by atoms with van der Waals surface area (Å²) in [6.07, 6.45) is 3.22. The van der Waals surface area contributed by atoms with Gasteiger partial charge < -0.3 is 0 Å². The zero-order valence-corrected chi connectivity index (χ0v) is 8.75. The molecule has 4 atom stereocenters. The van der Waals surface area contributed by atoms with Gasteiger partial charge in [0.25, 0.3) is 0 Å². The standard InChI is InChI=1S/C11H17NO2/c1-3-4-7-5-6(2)8-9(7)11(14)12-10(8)13/h6-9H,3-5H2,1-2H3,(H,12,13,14). The van der Waals surface area contributed by atoms with Gasteiger partial charge in [0, 0.05) is 0 Å². The number of carbonyl (C=O) groups is 2. The molecule has 1 heterocycles. The van der Waals surface area contributed by atoms with Crippen molar-refractivity contribution < 1.29 is 9.59 Å². The lowest BCUT2D eigenvalue weighted by Gasteiger charge is -2.13. The molecule has 1 saturated carbocycles. The van der Waals surface area contributed by atoms with Crippen LogP contribution < -0.4 is 5.32 Å². The summed E-state index contributed by atoms with van der Waals surface area (Å²) < 4.78 is 0. The number of imide groups is 1. The Balaban J connectivity index is 2.20. The molecule has 2 fully saturated rings. The van der Waals surface area contributed by atoms with Crippen molar-refractivity contribution in [2.24, 2.45) is 23.7 Å². The van der Waals surface area contributed by atoms with E-state index in [1.54, 1.807) is 0 Å². The van der Waals surface area contributed by atoms with Gasteiger partial charge in [0.1, 0.15) is 0 Å². The molecule has 0 aromatic heterocycles. The molecule has 2 rings (SSSR count). The minimum atomic E-state index is -0.0360. The third kappa shape index (κ3) is 1.26. The van der Waals surface area contributed by atoms with E-state index in [-0.39, 0.29) is 23.7 Å². The molecule has 0 aromatic rings. The van der Waals surface area contributed by atoms with Crippen molar-refractivity contribution in [1.82, 2.24) is 5.32 Å². The van der Waals surface area contributed by atoms with E-state index in [1.165, 1.54) is 0 Å². The molecule has 0 aromatic carbocycles. The fourth-order valence-electron chi connectivity index (χ4n) is 3.17. The normalized spacial score (nSPS) is 41.3. The van der Waals surface area contributed by atoms with Crippen LogP contribution in [0, 0.1) is 23.7 Å². The molecule has 0 radical (unpaired) electrons. The number of hydrogen-bond donors (Lipinski definition) is 1. The Labute approximate surface area is 84.2 Å². The summed E-state index contributed by atoms with van der Waals surface area (Å²) in [6, 6.07) is 0. The minimum Gasteiger partial charge on any atom is -0.296 e. The second kappa shape index (κ2) is 3.37. The van der Waals surface area contributed by atoms with Crippen molar-refractivity contribution in [3.63, 3.8) is 0 Å². The third-order valence-electron chi connectivity index (χ3n) is 3.69. The van der Waals surface area contributed by atoms with Gasteiger partial charge in [-0.15, -0.1) is 0 Å². The average molecular weight is 195 g/mol. The minimum absolute atomic E-state index is 0.0163. The zero-order chi connectivity index (χ0) is 10.3. The topological polar surface area (TPSA) is 46.2 Å². The fourth-order valence-corrected chi connectivity index (χ4v) is 3.17. The molecular formula is C11H17NO2. The third-order valence-corrected chi connectivity index (χ3v) is 3.69. The second-order valence-electron chi connectivity index (χ2n) is 4.67. The molecule has 1 aliphatic heterocycles. The highest BCUT2D eigenvalue weighted by atomic mass is 16.2. The van der Waals surface area contributed by atoms with Crippen molar-refractivity contribution in [3.8, 4) is 0 Å². The van der Waals surface area contributed by atoms with Gasteiger partial charge in [0.05, 0.1) is 11.8 Å². The summed E-state index contributed by atoms with van der Waals surface area (Å²) in [6.45, 7) is 4.22. The van der Waals surface area contributed by atoms with Gasteiger partial charge in [-0.1, -0.05) is 20.3 Å². The van der Waals surface area contributed by atoms with Gasteiger partial charge in [-0.25, -0.2) is 0 Å². The Morgan fingerprint density at radius 3 is 2.57 bits per heavy atom. The van der Waals surface area contributed by atoms with Crippen molar-refractivity contribution in [2.45, 2.75) is 33.1 Å². The first kappa shape index (κ1) is 9.69. The van der Waals surface area contributed by atoms with E-state index < -0.39 is 0 Å². The highest BCUT2D eigenvalue weighted by Gasteiger charge is 2.52. The molecule has 2 aliphatic rings. The maximum atomic E-state index is 11.6. The van der Waals surface area contributed by atoms with Crippen LogP contribution >= 0.6 is 0 Å². The molecule has 3 nitrogen and oxygen atoms in total. The molecule has 4 unspecified atom stereocenters. The number of amides is 2. The number of carbonyl (C=O) groups excluding carboxylic acids is 2. The number of nitrogens with one attached hydrogen (secondary N) is 1. The number of rotatable bonds is 2. The Morgan fingerprint density at radius 2 is 1.93 bits per heavy atom. The highest BCUT2D eigenvalue weighted by molar-refractivity contribution is 6.05. The van der Waals surface area contributed by atoms with E-state index in [9.17, 15) is 9.59 Å². The van der Waals surface area contributed by atoms with E-state index in [0.29, 0.717) is 11.8 Å². The monoisotopic (exact) mass is 195 g/mol. The van der Waals surface area contributed by atoms with Gasteiger partial charge in [0.2, 0.25) is 11.8 Å². The van der Waals surface area contributed by atoms with Crippen molar-refractivity contribution in [2.75, 3.05) is 0 Å². The second-order valence-corrected chi connectivity index (χ2v) is 4.67. The van der Waals surface area contributed by atoms with Gasteiger partial charge in [-0.3, -0.25) is 14.9 Å². The number of hydrogen-bond acceptors (Lipinski definition) is 2. The van der Waals surface area contributed by atoms with Crippen molar-refractivity contribution in [1.29, 1.82) is 0 Å². The summed E-state index contributed by atoms with van der Waals surface area (Å²) in [7, 11) is 0. The maximum Gasteiger partial charge on any atom is 0.230 e. The Bertz CT molecular complexity index is 274. The van der Waals surface area contributed by atoms with E-state index >= 15 is 0 Å².